The predicted octanol–water partition coefficient (Wildman–Crippen LogP) is 5.10. The fourth-order valence-corrected chi connectivity index (χ4v) is 3.83. The maximum absolute atomic E-state index is 15.1. The summed E-state index contributed by atoms with van der Waals surface area (Å²) in [7, 11) is 0. The number of nitrogens with one attached hydrogen (secondary N) is 4. The molecule has 0 saturated heterocycles. The van der Waals surface area contributed by atoms with Gasteiger partial charge < -0.3 is 20.5 Å². The van der Waals surface area contributed by atoms with E-state index in [1.807, 2.05) is 13.0 Å². The van der Waals surface area contributed by atoms with Gasteiger partial charge in [-0.2, -0.15) is 5.10 Å². The molecule has 0 aliphatic heterocycles. The lowest BCUT2D eigenvalue weighted by atomic mass is 10.1. The first-order valence-electron chi connectivity index (χ1n) is 11.6. The molecule has 5 rings (SSSR count). The lowest BCUT2D eigenvalue weighted by Crippen LogP contribution is -2.24. The SMILES string of the molecule is Cc1oncc1C(=O)NCc1cc(F)c(Nc2cc(C3CC3)[nH]n2)nc1N[C@@H](C)c1ccc(F)cc1. The van der Waals surface area contributed by atoms with Crippen molar-refractivity contribution in [2.24, 2.45) is 0 Å². The zero-order chi connectivity index (χ0) is 25.2. The summed E-state index contributed by atoms with van der Waals surface area (Å²) in [6, 6.07) is 8.95. The summed E-state index contributed by atoms with van der Waals surface area (Å²) in [5.74, 6) is 0.316. The van der Waals surface area contributed by atoms with Gasteiger partial charge >= 0.3 is 0 Å². The van der Waals surface area contributed by atoms with Gasteiger partial charge in [0, 0.05) is 35.8 Å². The number of benzene rings is 1. The minimum atomic E-state index is -0.601. The number of pyridine rings is 1. The van der Waals surface area contributed by atoms with Crippen molar-refractivity contribution >= 4 is 23.4 Å². The van der Waals surface area contributed by atoms with Crippen LogP contribution in [0.4, 0.5) is 26.2 Å². The molecule has 4 aromatic rings. The normalized spacial score (nSPS) is 13.9. The zero-order valence-electron chi connectivity index (χ0n) is 19.7. The van der Waals surface area contributed by atoms with Crippen LogP contribution in [0.15, 0.2) is 47.1 Å². The lowest BCUT2D eigenvalue weighted by molar-refractivity contribution is 0.0949. The molecule has 0 bridgehead atoms. The van der Waals surface area contributed by atoms with E-state index in [1.165, 1.54) is 24.4 Å². The first-order chi connectivity index (χ1) is 17.4. The molecule has 4 N–H and O–H groups in total. The molecule has 3 heterocycles. The lowest BCUT2D eigenvalue weighted by Gasteiger charge is -2.19. The number of nitrogens with zero attached hydrogens (tertiary/aromatic N) is 3. The maximum atomic E-state index is 15.1. The summed E-state index contributed by atoms with van der Waals surface area (Å²) in [5.41, 5.74) is 2.54. The Balaban J connectivity index is 1.40. The topological polar surface area (TPSA) is 121 Å². The highest BCUT2D eigenvalue weighted by Crippen LogP contribution is 2.39. The number of carbonyl (C=O) groups excluding carboxylic acids is 1. The molecular formula is C25H25F2N7O2. The molecule has 1 aromatic carbocycles. The van der Waals surface area contributed by atoms with Crippen molar-refractivity contribution in [3.8, 4) is 0 Å². The molecule has 0 spiro atoms. The molecule has 1 amide bonds. The number of aromatic amines is 1. The zero-order valence-corrected chi connectivity index (χ0v) is 19.7. The van der Waals surface area contributed by atoms with Gasteiger partial charge in [0.15, 0.2) is 17.5 Å². The molecule has 3 aromatic heterocycles. The Morgan fingerprint density at radius 3 is 2.67 bits per heavy atom. The summed E-state index contributed by atoms with van der Waals surface area (Å²) in [4.78, 5) is 17.0. The monoisotopic (exact) mass is 493 g/mol. The maximum Gasteiger partial charge on any atom is 0.256 e. The number of anilines is 3. The molecule has 186 valence electrons. The quantitative estimate of drug-likeness (QED) is 0.256. The molecule has 11 heteroatoms. The van der Waals surface area contributed by atoms with Crippen LogP contribution in [0.25, 0.3) is 0 Å². The third kappa shape index (κ3) is 5.19. The summed E-state index contributed by atoms with van der Waals surface area (Å²) < 4.78 is 33.4. The predicted molar refractivity (Wildman–Crippen MR) is 129 cm³/mol. The first-order valence-corrected chi connectivity index (χ1v) is 11.6. The van der Waals surface area contributed by atoms with E-state index in [0.717, 1.165) is 24.1 Å². The van der Waals surface area contributed by atoms with E-state index >= 15 is 4.39 Å². The van der Waals surface area contributed by atoms with Gasteiger partial charge in [-0.25, -0.2) is 13.8 Å². The van der Waals surface area contributed by atoms with Crippen molar-refractivity contribution in [3.05, 3.63) is 82.4 Å². The highest BCUT2D eigenvalue weighted by atomic mass is 19.1. The van der Waals surface area contributed by atoms with Crippen LogP contribution in [0.5, 0.6) is 0 Å². The van der Waals surface area contributed by atoms with Crippen LogP contribution < -0.4 is 16.0 Å². The number of aromatic nitrogens is 4. The number of hydrogen-bond donors (Lipinski definition) is 4. The van der Waals surface area contributed by atoms with E-state index in [2.05, 4.69) is 36.3 Å². The Morgan fingerprint density at radius 1 is 1.19 bits per heavy atom. The van der Waals surface area contributed by atoms with Crippen LogP contribution in [0, 0.1) is 18.6 Å². The van der Waals surface area contributed by atoms with Crippen LogP contribution in [0.2, 0.25) is 0 Å². The van der Waals surface area contributed by atoms with Crippen LogP contribution in [0.3, 0.4) is 0 Å². The number of hydrogen-bond acceptors (Lipinski definition) is 7. The van der Waals surface area contributed by atoms with Gasteiger partial charge in [-0.15, -0.1) is 0 Å². The van der Waals surface area contributed by atoms with Crippen molar-refractivity contribution in [2.45, 2.75) is 45.2 Å². The smallest absolute Gasteiger partial charge is 0.256 e. The van der Waals surface area contributed by atoms with Crippen LogP contribution >= 0.6 is 0 Å². The van der Waals surface area contributed by atoms with Crippen molar-refractivity contribution in [2.75, 3.05) is 10.6 Å². The highest BCUT2D eigenvalue weighted by molar-refractivity contribution is 5.94. The van der Waals surface area contributed by atoms with Gasteiger partial charge in [-0.3, -0.25) is 9.89 Å². The van der Waals surface area contributed by atoms with Crippen molar-refractivity contribution < 1.29 is 18.1 Å². The molecule has 1 saturated carbocycles. The van der Waals surface area contributed by atoms with Gasteiger partial charge in [0.2, 0.25) is 0 Å². The molecular weight excluding hydrogens is 468 g/mol. The Kier molecular flexibility index (Phi) is 6.36. The number of carbonyl (C=O) groups is 1. The fourth-order valence-electron chi connectivity index (χ4n) is 3.83. The van der Waals surface area contributed by atoms with E-state index in [-0.39, 0.29) is 24.2 Å². The van der Waals surface area contributed by atoms with Crippen molar-refractivity contribution in [3.63, 3.8) is 0 Å². The molecule has 1 aliphatic carbocycles. The number of halogens is 2. The molecule has 1 atom stereocenters. The van der Waals surface area contributed by atoms with Crippen LogP contribution in [-0.4, -0.2) is 26.2 Å². The molecule has 0 radical (unpaired) electrons. The fraction of sp³-hybridized carbons (Fsp3) is 0.280. The molecule has 1 aliphatic rings. The van der Waals surface area contributed by atoms with E-state index in [4.69, 9.17) is 4.52 Å². The average molecular weight is 494 g/mol. The van der Waals surface area contributed by atoms with E-state index < -0.39 is 11.7 Å². The number of H-pyrrole nitrogens is 1. The van der Waals surface area contributed by atoms with Crippen LogP contribution in [-0.2, 0) is 6.54 Å². The van der Waals surface area contributed by atoms with E-state index in [1.54, 1.807) is 19.1 Å². The Labute approximate surface area is 205 Å². The van der Waals surface area contributed by atoms with E-state index in [0.29, 0.717) is 34.4 Å². The van der Waals surface area contributed by atoms with Gasteiger partial charge in [-0.1, -0.05) is 17.3 Å². The first kappa shape index (κ1) is 23.5. The number of rotatable bonds is 9. The second kappa shape index (κ2) is 9.76. The van der Waals surface area contributed by atoms with E-state index in [9.17, 15) is 9.18 Å². The largest absolute Gasteiger partial charge is 0.363 e. The molecule has 36 heavy (non-hydrogen) atoms. The third-order valence-electron chi connectivity index (χ3n) is 6.07. The standard InChI is InChI=1S/C25H25F2N7O2/c1-13(15-5-7-18(26)8-6-15)30-23-17(11-28-25(35)19-12-29-36-14(19)2)9-20(27)24(32-23)31-22-10-21(33-34-22)16-3-4-16/h5-10,12-13,16H,3-4,11H2,1-2H3,(H,28,35)(H3,30,31,32,33,34)/t13-/m0/s1. The Bertz CT molecular complexity index is 1380. The van der Waals surface area contributed by atoms with Gasteiger partial charge in [0.1, 0.15) is 23.0 Å². The Hall–Kier alpha value is -4.28. The number of aryl methyl sites for hydroxylation is 1. The summed E-state index contributed by atoms with van der Waals surface area (Å²) in [6.07, 6.45) is 3.54. The minimum absolute atomic E-state index is 0.000355. The van der Waals surface area contributed by atoms with Crippen molar-refractivity contribution in [1.29, 1.82) is 0 Å². The van der Waals surface area contributed by atoms with Gasteiger partial charge in [0.05, 0.1) is 6.20 Å². The average Bonchev–Trinajstić information content (AvgIpc) is 3.45. The molecule has 1 fully saturated rings. The summed E-state index contributed by atoms with van der Waals surface area (Å²) in [6.45, 7) is 3.51. The third-order valence-corrected chi connectivity index (χ3v) is 6.07. The van der Waals surface area contributed by atoms with Crippen molar-refractivity contribution in [1.82, 2.24) is 25.7 Å². The summed E-state index contributed by atoms with van der Waals surface area (Å²) in [5, 5.41) is 19.7. The van der Waals surface area contributed by atoms with Gasteiger partial charge in [-0.05, 0) is 50.5 Å². The Morgan fingerprint density at radius 2 is 1.97 bits per heavy atom. The summed E-state index contributed by atoms with van der Waals surface area (Å²) >= 11 is 0. The van der Waals surface area contributed by atoms with Crippen LogP contribution in [0.1, 0.15) is 64.7 Å². The highest BCUT2D eigenvalue weighted by Gasteiger charge is 2.26. The van der Waals surface area contributed by atoms with Gasteiger partial charge in [0.25, 0.3) is 5.91 Å². The second-order valence-corrected chi connectivity index (χ2v) is 8.83. The second-order valence-electron chi connectivity index (χ2n) is 8.83. The molecule has 9 nitrogen and oxygen atoms in total. The molecule has 0 unspecified atom stereocenters. The number of amides is 1. The minimum Gasteiger partial charge on any atom is -0.363 e.